The van der Waals surface area contributed by atoms with Gasteiger partial charge in [0.05, 0.1) is 0 Å². The van der Waals surface area contributed by atoms with Crippen LogP contribution in [0.5, 0.6) is 0 Å². The van der Waals surface area contributed by atoms with E-state index in [0.29, 0.717) is 0 Å². The van der Waals surface area contributed by atoms with E-state index in [9.17, 15) is 0 Å². The summed E-state index contributed by atoms with van der Waals surface area (Å²) < 4.78 is 0. The third kappa shape index (κ3) is 4.40. The Morgan fingerprint density at radius 3 is 2.38 bits per heavy atom. The topological polar surface area (TPSA) is 27.3 Å². The first-order valence-corrected chi connectivity index (χ1v) is 7.11. The van der Waals surface area contributed by atoms with Gasteiger partial charge < -0.3 is 10.6 Å². The number of hydrogen-bond donors (Lipinski definition) is 2. The van der Waals surface area contributed by atoms with Gasteiger partial charge in [-0.2, -0.15) is 0 Å². The van der Waals surface area contributed by atoms with Gasteiger partial charge in [0, 0.05) is 45.3 Å². The van der Waals surface area contributed by atoms with Crippen molar-refractivity contribution < 1.29 is 0 Å². The molecule has 1 aliphatic heterocycles. The van der Waals surface area contributed by atoms with Crippen molar-refractivity contribution in [3.05, 3.63) is 0 Å². The van der Waals surface area contributed by atoms with Crippen molar-refractivity contribution in [3.8, 4) is 0 Å². The molecule has 3 nitrogen and oxygen atoms in total. The molecule has 0 unspecified atom stereocenters. The molecule has 2 rings (SSSR count). The fourth-order valence-corrected chi connectivity index (χ4v) is 2.85. The van der Waals surface area contributed by atoms with E-state index in [0.717, 1.165) is 6.04 Å². The van der Waals surface area contributed by atoms with E-state index < -0.39 is 0 Å². The minimum atomic E-state index is 0.811. The predicted octanol–water partition coefficient (Wildman–Crippen LogP) is 1.20. The zero-order chi connectivity index (χ0) is 11.1. The van der Waals surface area contributed by atoms with E-state index in [-0.39, 0.29) is 0 Å². The minimum Gasteiger partial charge on any atom is -0.314 e. The summed E-state index contributed by atoms with van der Waals surface area (Å²) in [6.45, 7) is 7.22. The SMILES string of the molecule is C1CCCC(NCCN2CCNCC2)CC1. The van der Waals surface area contributed by atoms with E-state index in [1.54, 1.807) is 0 Å². The normalized spacial score (nSPS) is 25.5. The molecule has 0 bridgehead atoms. The molecule has 0 radical (unpaired) electrons. The Balaban J connectivity index is 1.55. The second-order valence-corrected chi connectivity index (χ2v) is 5.23. The highest BCUT2D eigenvalue weighted by atomic mass is 15.2. The fraction of sp³-hybridized carbons (Fsp3) is 1.00. The highest BCUT2D eigenvalue weighted by Gasteiger charge is 2.12. The molecule has 2 aliphatic rings. The van der Waals surface area contributed by atoms with Gasteiger partial charge in [-0.15, -0.1) is 0 Å². The second kappa shape index (κ2) is 7.25. The van der Waals surface area contributed by atoms with Gasteiger partial charge in [0.15, 0.2) is 0 Å². The predicted molar refractivity (Wildman–Crippen MR) is 68.8 cm³/mol. The molecular weight excluding hydrogens is 198 g/mol. The number of nitrogens with zero attached hydrogens (tertiary/aromatic N) is 1. The molecule has 0 atom stereocenters. The number of piperazine rings is 1. The summed E-state index contributed by atoms with van der Waals surface area (Å²) in [5.41, 5.74) is 0. The molecule has 16 heavy (non-hydrogen) atoms. The van der Waals surface area contributed by atoms with Crippen LogP contribution in [0.4, 0.5) is 0 Å². The van der Waals surface area contributed by atoms with E-state index in [4.69, 9.17) is 0 Å². The molecule has 94 valence electrons. The summed E-state index contributed by atoms with van der Waals surface area (Å²) in [5.74, 6) is 0. The average molecular weight is 225 g/mol. The molecule has 0 aromatic heterocycles. The lowest BCUT2D eigenvalue weighted by Crippen LogP contribution is -2.46. The summed E-state index contributed by atoms with van der Waals surface area (Å²) in [6.07, 6.45) is 8.59. The molecule has 1 aliphatic carbocycles. The zero-order valence-corrected chi connectivity index (χ0v) is 10.5. The molecule has 0 amide bonds. The van der Waals surface area contributed by atoms with Crippen LogP contribution in [0.3, 0.4) is 0 Å². The Morgan fingerprint density at radius 1 is 1.00 bits per heavy atom. The molecule has 1 heterocycles. The van der Waals surface area contributed by atoms with E-state index in [1.807, 2.05) is 0 Å². The lowest BCUT2D eigenvalue weighted by atomic mass is 10.1. The van der Waals surface area contributed by atoms with E-state index in [1.165, 1.54) is 77.8 Å². The van der Waals surface area contributed by atoms with Gasteiger partial charge in [-0.3, -0.25) is 4.90 Å². The van der Waals surface area contributed by atoms with Crippen LogP contribution in [0.1, 0.15) is 38.5 Å². The summed E-state index contributed by atoms with van der Waals surface area (Å²) in [6, 6.07) is 0.811. The maximum absolute atomic E-state index is 3.75. The average Bonchev–Trinajstić information content (AvgIpc) is 2.59. The molecule has 2 N–H and O–H groups in total. The third-order valence-corrected chi connectivity index (χ3v) is 3.93. The van der Waals surface area contributed by atoms with Crippen molar-refractivity contribution in [2.45, 2.75) is 44.6 Å². The quantitative estimate of drug-likeness (QED) is 0.704. The minimum absolute atomic E-state index is 0.811. The largest absolute Gasteiger partial charge is 0.314 e. The van der Waals surface area contributed by atoms with Gasteiger partial charge in [0.25, 0.3) is 0 Å². The Labute approximate surface area is 100.0 Å². The van der Waals surface area contributed by atoms with Crippen molar-refractivity contribution >= 4 is 0 Å². The fourth-order valence-electron chi connectivity index (χ4n) is 2.85. The summed E-state index contributed by atoms with van der Waals surface area (Å²) in [7, 11) is 0. The van der Waals surface area contributed by atoms with Crippen LogP contribution in [0, 0.1) is 0 Å². The highest BCUT2D eigenvalue weighted by molar-refractivity contribution is 4.73. The maximum Gasteiger partial charge on any atom is 0.0108 e. The van der Waals surface area contributed by atoms with Crippen molar-refractivity contribution in [1.82, 2.24) is 15.5 Å². The smallest absolute Gasteiger partial charge is 0.0108 e. The van der Waals surface area contributed by atoms with E-state index in [2.05, 4.69) is 15.5 Å². The summed E-state index contributed by atoms with van der Waals surface area (Å²) in [5, 5.41) is 7.15. The highest BCUT2D eigenvalue weighted by Crippen LogP contribution is 2.16. The van der Waals surface area contributed by atoms with Gasteiger partial charge in [-0.25, -0.2) is 0 Å². The molecule has 1 saturated carbocycles. The molecule has 2 fully saturated rings. The molecule has 1 saturated heterocycles. The number of rotatable bonds is 4. The van der Waals surface area contributed by atoms with Crippen molar-refractivity contribution in [2.75, 3.05) is 39.3 Å². The molecule has 3 heteroatoms. The van der Waals surface area contributed by atoms with Gasteiger partial charge in [0.1, 0.15) is 0 Å². The first kappa shape index (κ1) is 12.3. The van der Waals surface area contributed by atoms with Crippen molar-refractivity contribution in [2.24, 2.45) is 0 Å². The van der Waals surface area contributed by atoms with Crippen LogP contribution in [-0.4, -0.2) is 50.2 Å². The van der Waals surface area contributed by atoms with Gasteiger partial charge in [0.2, 0.25) is 0 Å². The summed E-state index contributed by atoms with van der Waals surface area (Å²) in [4.78, 5) is 2.57. The zero-order valence-electron chi connectivity index (χ0n) is 10.5. The van der Waals surface area contributed by atoms with Gasteiger partial charge in [-0.1, -0.05) is 25.7 Å². The maximum atomic E-state index is 3.75. The first-order valence-electron chi connectivity index (χ1n) is 7.11. The third-order valence-electron chi connectivity index (χ3n) is 3.93. The van der Waals surface area contributed by atoms with Gasteiger partial charge >= 0.3 is 0 Å². The summed E-state index contributed by atoms with van der Waals surface area (Å²) >= 11 is 0. The van der Waals surface area contributed by atoms with Crippen LogP contribution in [0.25, 0.3) is 0 Å². The Hall–Kier alpha value is -0.120. The monoisotopic (exact) mass is 225 g/mol. The van der Waals surface area contributed by atoms with Gasteiger partial charge in [-0.05, 0) is 12.8 Å². The second-order valence-electron chi connectivity index (χ2n) is 5.23. The van der Waals surface area contributed by atoms with Crippen molar-refractivity contribution in [1.29, 1.82) is 0 Å². The first-order chi connectivity index (χ1) is 7.95. The Morgan fingerprint density at radius 2 is 1.69 bits per heavy atom. The van der Waals surface area contributed by atoms with Crippen LogP contribution < -0.4 is 10.6 Å². The van der Waals surface area contributed by atoms with Crippen LogP contribution in [-0.2, 0) is 0 Å². The molecule has 0 aromatic carbocycles. The van der Waals surface area contributed by atoms with E-state index >= 15 is 0 Å². The lowest BCUT2D eigenvalue weighted by Gasteiger charge is -2.28. The molecule has 0 aromatic rings. The van der Waals surface area contributed by atoms with Crippen LogP contribution >= 0.6 is 0 Å². The molecule has 0 spiro atoms. The number of hydrogen-bond acceptors (Lipinski definition) is 3. The number of nitrogens with one attached hydrogen (secondary N) is 2. The standard InChI is InChI=1S/C13H27N3/c1-2-4-6-13(5-3-1)15-9-12-16-10-7-14-8-11-16/h13-15H,1-12H2. The van der Waals surface area contributed by atoms with Crippen LogP contribution in [0.2, 0.25) is 0 Å². The Kier molecular flexibility index (Phi) is 5.59. The lowest BCUT2D eigenvalue weighted by molar-refractivity contribution is 0.236. The van der Waals surface area contributed by atoms with Crippen molar-refractivity contribution in [3.63, 3.8) is 0 Å². The molecular formula is C13H27N3. The Bertz CT molecular complexity index is 170. The van der Waals surface area contributed by atoms with Crippen LogP contribution in [0.15, 0.2) is 0 Å².